The minimum absolute atomic E-state index is 0. The second-order valence-corrected chi connectivity index (χ2v) is 0. The molecule has 4 heteroatoms. The van der Waals surface area contributed by atoms with E-state index in [1.54, 1.807) is 0 Å². The van der Waals surface area contributed by atoms with Crippen molar-refractivity contribution in [3.8, 4) is 0 Å². The van der Waals surface area contributed by atoms with Gasteiger partial charge in [-0.3, -0.25) is 0 Å². The van der Waals surface area contributed by atoms with Crippen molar-refractivity contribution in [2.75, 3.05) is 0 Å². The standard InChI is InChI=1S/Li.Mn.H5PSi.H/c;;1-2;/h;;1H2,2H3;/q+1;;;-1. The zero-order valence-corrected chi connectivity index (χ0v) is 7.29. The van der Waals surface area contributed by atoms with Crippen LogP contribution in [0.3, 0.4) is 0 Å². The van der Waals surface area contributed by atoms with E-state index in [1.807, 2.05) is 0 Å². The van der Waals surface area contributed by atoms with Crippen molar-refractivity contribution >= 4 is 18.7 Å². The van der Waals surface area contributed by atoms with E-state index in [-0.39, 0.29) is 37.4 Å². The summed E-state index contributed by atoms with van der Waals surface area (Å²) in [5.41, 5.74) is 0. The predicted octanol–water partition coefficient (Wildman–Crippen LogP) is -3.74. The van der Waals surface area contributed by atoms with Crippen molar-refractivity contribution in [1.82, 2.24) is 0 Å². The van der Waals surface area contributed by atoms with E-state index in [0.29, 0.717) is 0 Å². The molecule has 1 radical (unpaired) electrons. The molecule has 23 valence electrons. The summed E-state index contributed by atoms with van der Waals surface area (Å²) in [6.07, 6.45) is 0. The summed E-state index contributed by atoms with van der Waals surface area (Å²) >= 11 is 0. The molecule has 0 N–H and O–H groups in total. The first-order chi connectivity index (χ1) is 1.00. The average molecular weight is 127 g/mol. The first kappa shape index (κ1) is 17.1. The minimum atomic E-state index is 0. The van der Waals surface area contributed by atoms with E-state index in [9.17, 15) is 0 Å². The minimum Gasteiger partial charge on any atom is -1.00 e. The van der Waals surface area contributed by atoms with Crippen molar-refractivity contribution in [3.63, 3.8) is 0 Å². The van der Waals surface area contributed by atoms with Gasteiger partial charge in [0.05, 0.1) is 0 Å². The van der Waals surface area contributed by atoms with E-state index in [1.165, 1.54) is 9.91 Å². The van der Waals surface area contributed by atoms with Crippen LogP contribution in [0.5, 0.6) is 0 Å². The van der Waals surface area contributed by atoms with E-state index in [0.717, 1.165) is 0 Å². The van der Waals surface area contributed by atoms with E-state index < -0.39 is 0 Å². The smallest absolute Gasteiger partial charge is 1.00 e. The van der Waals surface area contributed by atoms with E-state index in [2.05, 4.69) is 8.79 Å². The molecule has 0 aliphatic heterocycles. The summed E-state index contributed by atoms with van der Waals surface area (Å²) in [6.45, 7) is 0. The maximum Gasteiger partial charge on any atom is 1.00 e. The van der Waals surface area contributed by atoms with Crippen LogP contribution in [0.4, 0.5) is 0 Å². The molecule has 0 spiro atoms. The van der Waals surface area contributed by atoms with Gasteiger partial charge in [-0.2, -0.15) is 8.79 Å². The van der Waals surface area contributed by atoms with Gasteiger partial charge in [0, 0.05) is 27.0 Å². The molecule has 0 amide bonds. The summed E-state index contributed by atoms with van der Waals surface area (Å²) < 4.78 is 0. The Morgan fingerprint density at radius 2 is 1.50 bits per heavy atom. The third-order valence-corrected chi connectivity index (χ3v) is 0. The Morgan fingerprint density at radius 1 is 1.50 bits per heavy atom. The zero-order valence-electron chi connectivity index (χ0n) is 3.96. The molecule has 0 saturated heterocycles. The van der Waals surface area contributed by atoms with Crippen LogP contribution in [0, 0.1) is 0 Å². The second kappa shape index (κ2) is 21.7. The molecule has 0 aromatic carbocycles. The molecule has 1 atom stereocenters. The fraction of sp³-hybridized carbons (Fsp3) is 0. The van der Waals surface area contributed by atoms with Crippen molar-refractivity contribution in [2.45, 2.75) is 0 Å². The van der Waals surface area contributed by atoms with Gasteiger partial charge in [-0.15, -0.1) is 0 Å². The van der Waals surface area contributed by atoms with Crippen LogP contribution in [0.2, 0.25) is 0 Å². The van der Waals surface area contributed by atoms with E-state index in [4.69, 9.17) is 0 Å². The van der Waals surface area contributed by atoms with Crippen LogP contribution in [-0.2, 0) is 17.1 Å². The molecule has 0 heterocycles. The van der Waals surface area contributed by atoms with Crippen LogP contribution in [0.1, 0.15) is 1.43 Å². The molecular weight excluding hydrogens is 121 g/mol. The molecule has 0 aromatic heterocycles. The molecule has 0 aliphatic carbocycles. The summed E-state index contributed by atoms with van der Waals surface area (Å²) in [7, 11) is 3.78. The molecule has 0 rings (SSSR count). The fourth-order valence-electron chi connectivity index (χ4n) is 0. The Labute approximate surface area is 56.1 Å². The van der Waals surface area contributed by atoms with Gasteiger partial charge in [-0.25, -0.2) is 0 Å². The third kappa shape index (κ3) is 9.24. The van der Waals surface area contributed by atoms with Gasteiger partial charge in [-0.1, -0.05) is 0 Å². The van der Waals surface area contributed by atoms with Gasteiger partial charge in [0.2, 0.25) is 0 Å². The second-order valence-electron chi connectivity index (χ2n) is 0. The van der Waals surface area contributed by atoms with Crippen LogP contribution >= 0.6 is 8.79 Å². The molecule has 0 fully saturated rings. The summed E-state index contributed by atoms with van der Waals surface area (Å²) in [5, 5.41) is 0. The quantitative estimate of drug-likeness (QED) is 0.232. The SMILES string of the molecule is [H-].[Li+].[Mn].[SiH3]P. The van der Waals surface area contributed by atoms with Gasteiger partial charge in [0.1, 0.15) is 0 Å². The van der Waals surface area contributed by atoms with Crippen LogP contribution < -0.4 is 18.9 Å². The normalized spacial score (nSPS) is 2.25. The molecular formula is H6LiMnPSi. The monoisotopic (exact) mass is 127 g/mol. The van der Waals surface area contributed by atoms with Crippen molar-refractivity contribution in [1.29, 1.82) is 0 Å². The molecule has 0 aliphatic rings. The Morgan fingerprint density at radius 3 is 1.50 bits per heavy atom. The van der Waals surface area contributed by atoms with Gasteiger partial charge in [-0.05, 0) is 0 Å². The van der Waals surface area contributed by atoms with Crippen LogP contribution in [0.15, 0.2) is 0 Å². The van der Waals surface area contributed by atoms with Crippen LogP contribution in [-0.4, -0.2) is 9.91 Å². The van der Waals surface area contributed by atoms with Crippen molar-refractivity contribution in [2.24, 2.45) is 0 Å². The fourth-order valence-corrected chi connectivity index (χ4v) is 0. The van der Waals surface area contributed by atoms with Crippen molar-refractivity contribution in [3.05, 3.63) is 0 Å². The first-order valence-corrected chi connectivity index (χ1v) is 5.20. The topological polar surface area (TPSA) is 0 Å². The largest absolute Gasteiger partial charge is 1.00 e. The van der Waals surface area contributed by atoms with E-state index >= 15 is 0 Å². The van der Waals surface area contributed by atoms with Gasteiger partial charge < -0.3 is 1.43 Å². The zero-order chi connectivity index (χ0) is 2.00. The predicted molar refractivity (Wildman–Crippen MR) is 20.8 cm³/mol. The molecule has 1 unspecified atom stereocenters. The maximum atomic E-state index is 2.56. The number of hydrogen-bond donors (Lipinski definition) is 0. The summed E-state index contributed by atoms with van der Waals surface area (Å²) in [5.74, 6) is 0. The van der Waals surface area contributed by atoms with Gasteiger partial charge in [0.25, 0.3) is 0 Å². The third-order valence-electron chi connectivity index (χ3n) is 0. The van der Waals surface area contributed by atoms with Gasteiger partial charge >= 0.3 is 18.9 Å². The Balaban J connectivity index is -0.00000000167. The molecule has 0 bridgehead atoms. The number of rotatable bonds is 0. The Hall–Kier alpha value is 1.76. The van der Waals surface area contributed by atoms with Crippen LogP contribution in [0.25, 0.3) is 0 Å². The Bertz CT molecular complexity index is 11.6. The number of hydrogen-bond acceptors (Lipinski definition) is 0. The Kier molecular flexibility index (Phi) is 92.9. The summed E-state index contributed by atoms with van der Waals surface area (Å²) in [6, 6.07) is 0. The molecule has 4 heavy (non-hydrogen) atoms. The summed E-state index contributed by atoms with van der Waals surface area (Å²) in [4.78, 5) is 0. The molecule has 0 nitrogen and oxygen atoms in total. The maximum absolute atomic E-state index is 2.56. The van der Waals surface area contributed by atoms with Gasteiger partial charge in [0.15, 0.2) is 0 Å². The molecule has 0 aromatic rings. The molecule has 0 saturated carbocycles. The average Bonchev–Trinajstić information content (AvgIpc) is 1.00. The van der Waals surface area contributed by atoms with Crippen molar-refractivity contribution < 1.29 is 37.4 Å². The first-order valence-electron chi connectivity index (χ1n) is 0.577.